The monoisotopic (exact) mass is 385 g/mol. The molecule has 0 radical (unpaired) electrons. The lowest BCUT2D eigenvalue weighted by molar-refractivity contribution is -0.139. The van der Waals surface area contributed by atoms with Gasteiger partial charge in [-0.3, -0.25) is 14.5 Å². The van der Waals surface area contributed by atoms with Gasteiger partial charge in [0, 0.05) is 68.8 Å². The van der Waals surface area contributed by atoms with Crippen molar-refractivity contribution in [3.63, 3.8) is 0 Å². The number of carboxylic acids is 1. The topological polar surface area (TPSA) is 83.6 Å². The Kier molecular flexibility index (Phi) is 5.32. The van der Waals surface area contributed by atoms with Gasteiger partial charge < -0.3 is 19.1 Å². The minimum absolute atomic E-state index is 0.0804. The summed E-state index contributed by atoms with van der Waals surface area (Å²) in [5.41, 5.74) is 1.98. The fourth-order valence-corrected chi connectivity index (χ4v) is 4.61. The van der Waals surface area contributed by atoms with Crippen LogP contribution in [0, 0.1) is 5.92 Å². The third-order valence-corrected chi connectivity index (χ3v) is 5.86. The Morgan fingerprint density at radius 3 is 2.93 bits per heavy atom. The molecular weight excluding hydrogens is 358 g/mol. The molecule has 2 atom stereocenters. The number of hydrogen-bond acceptors (Lipinski definition) is 5. The van der Waals surface area contributed by atoms with Gasteiger partial charge >= 0.3 is 5.97 Å². The maximum Gasteiger partial charge on any atom is 0.317 e. The van der Waals surface area contributed by atoms with Crippen molar-refractivity contribution in [2.75, 3.05) is 33.2 Å². The van der Waals surface area contributed by atoms with Crippen LogP contribution in [-0.4, -0.2) is 68.2 Å². The molecule has 4 rings (SSSR count). The maximum absolute atomic E-state index is 13.1. The van der Waals surface area contributed by atoms with Gasteiger partial charge in [0.2, 0.25) is 0 Å². The number of aromatic nitrogens is 3. The Morgan fingerprint density at radius 2 is 2.18 bits per heavy atom. The number of pyridine rings is 1. The smallest absolute Gasteiger partial charge is 0.317 e. The number of likely N-dealkylation sites (tertiary alicyclic amines) is 1. The first-order chi connectivity index (χ1) is 13.5. The van der Waals surface area contributed by atoms with Gasteiger partial charge in [-0.1, -0.05) is 6.07 Å². The quantitative estimate of drug-likeness (QED) is 0.755. The van der Waals surface area contributed by atoms with Gasteiger partial charge in [-0.25, -0.2) is 4.98 Å². The predicted molar refractivity (Wildman–Crippen MR) is 104 cm³/mol. The number of nitrogens with zero attached hydrogens (tertiary/aromatic N) is 5. The van der Waals surface area contributed by atoms with E-state index in [-0.39, 0.29) is 18.0 Å². The Labute approximate surface area is 164 Å². The molecule has 8 heteroatoms. The highest BCUT2D eigenvalue weighted by Crippen LogP contribution is 2.35. The van der Waals surface area contributed by atoms with Gasteiger partial charge in [-0.05, 0) is 25.5 Å². The normalized spacial score (nSPS) is 21.6. The van der Waals surface area contributed by atoms with E-state index in [9.17, 15) is 9.59 Å². The molecule has 0 aromatic carbocycles. The highest BCUT2D eigenvalue weighted by Gasteiger charge is 2.35. The molecule has 1 saturated heterocycles. The van der Waals surface area contributed by atoms with Gasteiger partial charge in [0.25, 0.3) is 5.56 Å². The molecule has 2 bridgehead atoms. The molecule has 8 nitrogen and oxygen atoms in total. The molecule has 150 valence electrons. The Bertz CT molecular complexity index is 892. The molecule has 4 heterocycles. The number of aliphatic carboxylic acids is 1. The van der Waals surface area contributed by atoms with Crippen LogP contribution in [0.4, 0.5) is 0 Å². The van der Waals surface area contributed by atoms with E-state index in [1.165, 1.54) is 0 Å². The molecule has 2 aromatic heterocycles. The second kappa shape index (κ2) is 7.89. The van der Waals surface area contributed by atoms with Crippen molar-refractivity contribution >= 4 is 5.97 Å². The number of rotatable bonds is 7. The Hall–Kier alpha value is -2.45. The fourth-order valence-electron chi connectivity index (χ4n) is 4.61. The molecule has 28 heavy (non-hydrogen) atoms. The first kappa shape index (κ1) is 18.9. The first-order valence-electron chi connectivity index (χ1n) is 9.80. The summed E-state index contributed by atoms with van der Waals surface area (Å²) < 4.78 is 3.97. The van der Waals surface area contributed by atoms with Crippen molar-refractivity contribution in [1.29, 1.82) is 0 Å². The van der Waals surface area contributed by atoms with Gasteiger partial charge in [0.15, 0.2) is 0 Å². The molecular formula is C20H27N5O3. The van der Waals surface area contributed by atoms with Crippen molar-refractivity contribution in [2.45, 2.75) is 32.0 Å². The van der Waals surface area contributed by atoms with E-state index in [1.54, 1.807) is 12.5 Å². The summed E-state index contributed by atoms with van der Waals surface area (Å²) in [5.74, 6) is -0.198. The van der Waals surface area contributed by atoms with Crippen molar-refractivity contribution < 1.29 is 9.90 Å². The van der Waals surface area contributed by atoms with Gasteiger partial charge in [-0.2, -0.15) is 0 Å². The highest BCUT2D eigenvalue weighted by molar-refractivity contribution is 5.69. The number of fused-ring (bicyclic) bond motifs is 4. The van der Waals surface area contributed by atoms with Crippen LogP contribution < -0.4 is 5.56 Å². The van der Waals surface area contributed by atoms with Crippen molar-refractivity contribution in [3.8, 4) is 0 Å². The standard InChI is InChI=1S/C20H27N5O3/c1-22(6-7-23-5-4-21-14-23)11-16-2-3-18-17-8-15(10-25(18)20(16)28)9-24(12-17)13-19(26)27/h2-5,14-15,17H,6-13H2,1H3,(H,26,27)/t15-,17+/m0/s1. The molecule has 0 saturated carbocycles. The van der Waals surface area contributed by atoms with Crippen LogP contribution in [0.1, 0.15) is 23.6 Å². The van der Waals surface area contributed by atoms with Crippen LogP contribution in [-0.2, 0) is 24.4 Å². The number of carboxylic acid groups (broad SMARTS) is 1. The molecule has 1 fully saturated rings. The van der Waals surface area contributed by atoms with Crippen LogP contribution in [0.15, 0.2) is 35.6 Å². The zero-order chi connectivity index (χ0) is 19.7. The zero-order valence-electron chi connectivity index (χ0n) is 16.2. The third-order valence-electron chi connectivity index (χ3n) is 5.86. The van der Waals surface area contributed by atoms with E-state index in [1.807, 2.05) is 33.3 Å². The number of imidazole rings is 1. The molecule has 0 amide bonds. The molecule has 0 unspecified atom stereocenters. The van der Waals surface area contributed by atoms with Gasteiger partial charge in [0.05, 0.1) is 12.9 Å². The molecule has 2 aliphatic rings. The minimum Gasteiger partial charge on any atom is -0.480 e. The summed E-state index contributed by atoms with van der Waals surface area (Å²) in [7, 11) is 2.03. The van der Waals surface area contributed by atoms with E-state index in [0.717, 1.165) is 37.3 Å². The lowest BCUT2D eigenvalue weighted by Crippen LogP contribution is -2.48. The summed E-state index contributed by atoms with van der Waals surface area (Å²) in [4.78, 5) is 32.4. The van der Waals surface area contributed by atoms with E-state index in [0.29, 0.717) is 25.6 Å². The molecule has 1 N–H and O–H groups in total. The molecule has 2 aromatic rings. The van der Waals surface area contributed by atoms with E-state index in [2.05, 4.69) is 16.0 Å². The average Bonchev–Trinajstić information content (AvgIpc) is 3.16. The number of piperidine rings is 1. The summed E-state index contributed by atoms with van der Waals surface area (Å²) in [5, 5.41) is 9.09. The second-order valence-corrected chi connectivity index (χ2v) is 8.12. The van der Waals surface area contributed by atoms with Crippen LogP contribution >= 0.6 is 0 Å². The average molecular weight is 385 g/mol. The minimum atomic E-state index is -0.786. The molecule has 0 aliphatic carbocycles. The molecule has 2 aliphatic heterocycles. The summed E-state index contributed by atoms with van der Waals surface area (Å²) in [6, 6.07) is 4.03. The lowest BCUT2D eigenvalue weighted by atomic mass is 9.83. The van der Waals surface area contributed by atoms with Crippen LogP contribution in [0.5, 0.6) is 0 Å². The summed E-state index contributed by atoms with van der Waals surface area (Å²) in [6.45, 7) is 4.54. The predicted octanol–water partition coefficient (Wildman–Crippen LogP) is 0.681. The first-order valence-corrected chi connectivity index (χ1v) is 9.80. The maximum atomic E-state index is 13.1. The zero-order valence-corrected chi connectivity index (χ0v) is 16.2. The van der Waals surface area contributed by atoms with Gasteiger partial charge in [0.1, 0.15) is 0 Å². The van der Waals surface area contributed by atoms with Crippen LogP contribution in [0.3, 0.4) is 0 Å². The van der Waals surface area contributed by atoms with E-state index in [4.69, 9.17) is 5.11 Å². The van der Waals surface area contributed by atoms with Gasteiger partial charge in [-0.15, -0.1) is 0 Å². The summed E-state index contributed by atoms with van der Waals surface area (Å²) >= 11 is 0. The largest absolute Gasteiger partial charge is 0.480 e. The third kappa shape index (κ3) is 4.02. The van der Waals surface area contributed by atoms with Crippen molar-refractivity contribution in [3.05, 3.63) is 52.5 Å². The summed E-state index contributed by atoms with van der Waals surface area (Å²) in [6.07, 6.45) is 6.55. The van der Waals surface area contributed by atoms with E-state index < -0.39 is 5.97 Å². The highest BCUT2D eigenvalue weighted by atomic mass is 16.4. The lowest BCUT2D eigenvalue weighted by Gasteiger charge is -2.42. The molecule has 0 spiro atoms. The fraction of sp³-hybridized carbons (Fsp3) is 0.550. The SMILES string of the molecule is CN(CCn1ccnc1)Cc1ccc2n(c1=O)C[C@H]1C[C@@H]2CN(CC(=O)O)C1. The van der Waals surface area contributed by atoms with Crippen LogP contribution in [0.2, 0.25) is 0 Å². The number of hydrogen-bond donors (Lipinski definition) is 1. The second-order valence-electron chi connectivity index (χ2n) is 8.12. The Morgan fingerprint density at radius 1 is 1.32 bits per heavy atom. The Balaban J connectivity index is 1.46. The van der Waals surface area contributed by atoms with Crippen molar-refractivity contribution in [2.24, 2.45) is 5.92 Å². The van der Waals surface area contributed by atoms with Crippen molar-refractivity contribution in [1.82, 2.24) is 23.9 Å². The number of likely N-dealkylation sites (N-methyl/N-ethyl adjacent to an activating group) is 1. The number of carbonyl (C=O) groups is 1. The van der Waals surface area contributed by atoms with Crippen LogP contribution in [0.25, 0.3) is 0 Å². The van der Waals surface area contributed by atoms with E-state index >= 15 is 0 Å².